The van der Waals surface area contributed by atoms with Gasteiger partial charge in [0.25, 0.3) is 0 Å². The number of nitriles is 1. The molecule has 3 rings (SSSR count). The van der Waals surface area contributed by atoms with Gasteiger partial charge in [-0.2, -0.15) is 5.26 Å². The fraction of sp³-hybridized carbons (Fsp3) is 0.421. The van der Waals surface area contributed by atoms with Crippen molar-refractivity contribution in [3.8, 4) is 17.3 Å². The number of hydrogen-bond donors (Lipinski definition) is 0. The van der Waals surface area contributed by atoms with E-state index in [0.717, 1.165) is 24.4 Å². The lowest BCUT2D eigenvalue weighted by Gasteiger charge is -2.36. The molecule has 0 saturated heterocycles. The van der Waals surface area contributed by atoms with Gasteiger partial charge in [0, 0.05) is 36.1 Å². The molecule has 0 spiro atoms. The van der Waals surface area contributed by atoms with Gasteiger partial charge in [-0.05, 0) is 30.4 Å². The van der Waals surface area contributed by atoms with E-state index in [1.54, 1.807) is 6.33 Å². The average Bonchev–Trinajstić information content (AvgIpc) is 2.51. The zero-order valence-corrected chi connectivity index (χ0v) is 14.2. The van der Waals surface area contributed by atoms with Crippen molar-refractivity contribution in [2.24, 2.45) is 0 Å². The van der Waals surface area contributed by atoms with Crippen LogP contribution in [0.1, 0.15) is 37.1 Å². The number of aromatic nitrogens is 2. The molecule has 4 nitrogen and oxygen atoms in total. The maximum atomic E-state index is 8.85. The highest BCUT2D eigenvalue weighted by Crippen LogP contribution is 2.45. The van der Waals surface area contributed by atoms with E-state index in [2.05, 4.69) is 67.0 Å². The molecule has 1 heterocycles. The highest BCUT2D eigenvalue weighted by Gasteiger charge is 2.35. The Bertz CT molecular complexity index is 786. The van der Waals surface area contributed by atoms with E-state index < -0.39 is 0 Å². The first-order chi connectivity index (χ1) is 11.0. The fourth-order valence-electron chi connectivity index (χ4n) is 3.70. The number of aryl methyl sites for hydroxylation is 1. The van der Waals surface area contributed by atoms with Gasteiger partial charge in [-0.25, -0.2) is 9.97 Å². The van der Waals surface area contributed by atoms with E-state index in [9.17, 15) is 0 Å². The van der Waals surface area contributed by atoms with Crippen molar-refractivity contribution >= 4 is 5.69 Å². The Kier molecular flexibility index (Phi) is 3.81. The van der Waals surface area contributed by atoms with Gasteiger partial charge in [-0.3, -0.25) is 0 Å². The lowest BCUT2D eigenvalue weighted by molar-refractivity contribution is 0.508. The molecular formula is C19H22N4. The van der Waals surface area contributed by atoms with Crippen LogP contribution in [-0.2, 0) is 11.8 Å². The third-order valence-corrected chi connectivity index (χ3v) is 4.71. The van der Waals surface area contributed by atoms with Gasteiger partial charge in [-0.1, -0.05) is 26.0 Å². The Morgan fingerprint density at radius 3 is 2.83 bits per heavy atom. The van der Waals surface area contributed by atoms with Crippen molar-refractivity contribution in [2.45, 2.75) is 39.0 Å². The van der Waals surface area contributed by atoms with Crippen molar-refractivity contribution in [3.63, 3.8) is 0 Å². The minimum Gasteiger partial charge on any atom is -0.373 e. The van der Waals surface area contributed by atoms with Crippen molar-refractivity contribution in [2.75, 3.05) is 18.5 Å². The molecule has 118 valence electrons. The second kappa shape index (κ2) is 5.66. The first kappa shape index (κ1) is 15.5. The fourth-order valence-corrected chi connectivity index (χ4v) is 3.70. The van der Waals surface area contributed by atoms with Gasteiger partial charge in [0.2, 0.25) is 0 Å². The van der Waals surface area contributed by atoms with Crippen LogP contribution in [0.5, 0.6) is 0 Å². The predicted octanol–water partition coefficient (Wildman–Crippen LogP) is 3.64. The summed E-state index contributed by atoms with van der Waals surface area (Å²) < 4.78 is 0. The summed E-state index contributed by atoms with van der Waals surface area (Å²) in [6.45, 7) is 7.33. The summed E-state index contributed by atoms with van der Waals surface area (Å²) in [7, 11) is 2.06. The second-order valence-electron chi connectivity index (χ2n) is 6.88. The van der Waals surface area contributed by atoms with Crippen molar-refractivity contribution in [1.82, 2.24) is 9.97 Å². The first-order valence-corrected chi connectivity index (χ1v) is 7.98. The second-order valence-corrected chi connectivity index (χ2v) is 6.88. The van der Waals surface area contributed by atoms with E-state index in [0.29, 0.717) is 6.42 Å². The minimum atomic E-state index is -0.000150. The Morgan fingerprint density at radius 1 is 1.30 bits per heavy atom. The third kappa shape index (κ3) is 2.57. The molecule has 2 aromatic rings. The summed E-state index contributed by atoms with van der Waals surface area (Å²) in [4.78, 5) is 11.2. The van der Waals surface area contributed by atoms with Gasteiger partial charge in [-0.15, -0.1) is 0 Å². The van der Waals surface area contributed by atoms with Gasteiger partial charge in [0.15, 0.2) is 0 Å². The monoisotopic (exact) mass is 306 g/mol. The summed E-state index contributed by atoms with van der Waals surface area (Å²) in [5, 5.41) is 8.85. The molecule has 0 bridgehead atoms. The Labute approximate surface area is 137 Å². The van der Waals surface area contributed by atoms with E-state index in [1.165, 1.54) is 22.4 Å². The molecule has 0 unspecified atom stereocenters. The molecule has 1 aliphatic carbocycles. The molecular weight excluding hydrogens is 284 g/mol. The van der Waals surface area contributed by atoms with Crippen molar-refractivity contribution in [1.29, 1.82) is 5.26 Å². The molecule has 1 aliphatic rings. The molecule has 1 aromatic heterocycles. The lowest BCUT2D eigenvalue weighted by atomic mass is 9.71. The molecule has 0 N–H and O–H groups in total. The van der Waals surface area contributed by atoms with E-state index in [1.807, 2.05) is 0 Å². The summed E-state index contributed by atoms with van der Waals surface area (Å²) in [6, 6.07) is 8.60. The maximum Gasteiger partial charge on any atom is 0.116 e. The average molecular weight is 306 g/mol. The van der Waals surface area contributed by atoms with E-state index in [4.69, 9.17) is 5.26 Å². The molecule has 0 atom stereocenters. The summed E-state index contributed by atoms with van der Waals surface area (Å²) in [5.41, 5.74) is 7.10. The Morgan fingerprint density at radius 2 is 2.09 bits per heavy atom. The largest absolute Gasteiger partial charge is 0.373 e. The van der Waals surface area contributed by atoms with Crippen LogP contribution in [0.2, 0.25) is 0 Å². The molecule has 0 aliphatic heterocycles. The van der Waals surface area contributed by atoms with Crippen LogP contribution in [-0.4, -0.2) is 23.6 Å². The van der Waals surface area contributed by atoms with Gasteiger partial charge >= 0.3 is 0 Å². The van der Waals surface area contributed by atoms with Gasteiger partial charge < -0.3 is 4.90 Å². The number of hydrogen-bond acceptors (Lipinski definition) is 4. The van der Waals surface area contributed by atoms with Crippen LogP contribution in [0.4, 0.5) is 5.69 Å². The predicted molar refractivity (Wildman–Crippen MR) is 92.4 cm³/mol. The van der Waals surface area contributed by atoms with Crippen LogP contribution in [0.3, 0.4) is 0 Å². The smallest absolute Gasteiger partial charge is 0.116 e. The zero-order chi connectivity index (χ0) is 16.6. The topological polar surface area (TPSA) is 52.8 Å². The molecule has 0 saturated carbocycles. The Hall–Kier alpha value is -2.41. The number of benzene rings is 1. The first-order valence-electron chi connectivity index (χ1n) is 7.98. The summed E-state index contributed by atoms with van der Waals surface area (Å²) in [6.07, 6.45) is 3.14. The number of fused-ring (bicyclic) bond motifs is 3. The van der Waals surface area contributed by atoms with Crippen molar-refractivity contribution in [3.05, 3.63) is 41.3 Å². The molecule has 0 fully saturated rings. The van der Waals surface area contributed by atoms with Crippen LogP contribution >= 0.6 is 0 Å². The summed E-state index contributed by atoms with van der Waals surface area (Å²) in [5.74, 6) is 0. The molecule has 4 heteroatoms. The van der Waals surface area contributed by atoms with E-state index >= 15 is 0 Å². The number of nitrogens with zero attached hydrogens (tertiary/aromatic N) is 4. The van der Waals surface area contributed by atoms with Gasteiger partial charge in [0.1, 0.15) is 6.33 Å². The van der Waals surface area contributed by atoms with Gasteiger partial charge in [0.05, 0.1) is 18.2 Å². The van der Waals surface area contributed by atoms with Crippen LogP contribution in [0.25, 0.3) is 11.3 Å². The molecule has 1 aromatic carbocycles. The van der Waals surface area contributed by atoms with Crippen LogP contribution in [0, 0.1) is 18.3 Å². The third-order valence-electron chi connectivity index (χ3n) is 4.71. The lowest BCUT2D eigenvalue weighted by Crippen LogP contribution is -2.30. The Balaban J connectivity index is 2.18. The van der Waals surface area contributed by atoms with E-state index in [-0.39, 0.29) is 5.41 Å². The highest BCUT2D eigenvalue weighted by atomic mass is 15.1. The van der Waals surface area contributed by atoms with Crippen molar-refractivity contribution < 1.29 is 0 Å². The molecule has 0 radical (unpaired) electrons. The maximum absolute atomic E-state index is 8.85. The number of rotatable bonds is 3. The summed E-state index contributed by atoms with van der Waals surface area (Å²) >= 11 is 0. The minimum absolute atomic E-state index is 0.000150. The normalized spacial score (nSPS) is 14.6. The highest BCUT2D eigenvalue weighted by molar-refractivity contribution is 5.78. The SMILES string of the molecule is Cc1ncnc2c1C(C)(C)Cc1c-2cccc1N(C)CCC#N. The molecule has 0 amide bonds. The number of anilines is 1. The van der Waals surface area contributed by atoms with Crippen LogP contribution < -0.4 is 4.90 Å². The van der Waals surface area contributed by atoms with Crippen LogP contribution in [0.15, 0.2) is 24.5 Å². The standard InChI is InChI=1S/C19H22N4/c1-13-17-18(22-12-21-13)14-7-5-8-16(23(4)10-6-9-20)15(14)11-19(17,2)3/h5,7-8,12H,6,10-11H2,1-4H3. The quantitative estimate of drug-likeness (QED) is 0.869. The molecule has 23 heavy (non-hydrogen) atoms. The zero-order valence-electron chi connectivity index (χ0n) is 14.2.